The number of benzene rings is 2. The molecule has 30 heavy (non-hydrogen) atoms. The number of fused-ring (bicyclic) bond motifs is 1. The molecule has 2 aromatic carbocycles. The van der Waals surface area contributed by atoms with Crippen molar-refractivity contribution >= 4 is 50.6 Å². The predicted molar refractivity (Wildman–Crippen MR) is 110 cm³/mol. The Morgan fingerprint density at radius 2 is 2.00 bits per heavy atom. The first kappa shape index (κ1) is 21.8. The average Bonchev–Trinajstić information content (AvgIpc) is 2.67. The normalized spacial score (nSPS) is 13.3. The molecule has 0 saturated carbocycles. The molecule has 1 aliphatic heterocycles. The van der Waals surface area contributed by atoms with Crippen molar-refractivity contribution in [2.24, 2.45) is 0 Å². The lowest BCUT2D eigenvalue weighted by atomic mass is 10.1. The zero-order valence-corrected chi connectivity index (χ0v) is 17.6. The largest absolute Gasteiger partial charge is 0.482 e. The van der Waals surface area contributed by atoms with Crippen LogP contribution in [0.25, 0.3) is 0 Å². The Morgan fingerprint density at radius 3 is 2.70 bits per heavy atom. The van der Waals surface area contributed by atoms with Gasteiger partial charge in [0.05, 0.1) is 17.3 Å². The fourth-order valence-electron chi connectivity index (χ4n) is 2.75. The Bertz CT molecular complexity index is 1150. The molecule has 1 aliphatic rings. The van der Waals surface area contributed by atoms with Gasteiger partial charge in [-0.2, -0.15) is 4.31 Å². The summed E-state index contributed by atoms with van der Waals surface area (Å²) in [5.74, 6) is -0.973. The number of hydrogen-bond acceptors (Lipinski definition) is 6. The van der Waals surface area contributed by atoms with Gasteiger partial charge in [0, 0.05) is 24.4 Å². The summed E-state index contributed by atoms with van der Waals surface area (Å²) < 4.78 is 31.9. The number of anilines is 2. The molecule has 2 amide bonds. The SMILES string of the molecule is CC(=O)c1cccc(NC(=O)CN(C)S(=O)(=O)c2cc3c(cc2Cl)NC(=O)CO3)c1. The van der Waals surface area contributed by atoms with E-state index < -0.39 is 22.5 Å². The van der Waals surface area contributed by atoms with Gasteiger partial charge < -0.3 is 15.4 Å². The van der Waals surface area contributed by atoms with Gasteiger partial charge in [0.15, 0.2) is 12.4 Å². The number of nitrogens with zero attached hydrogens (tertiary/aromatic N) is 1. The molecule has 2 N–H and O–H groups in total. The van der Waals surface area contributed by atoms with E-state index in [2.05, 4.69) is 10.6 Å². The quantitative estimate of drug-likeness (QED) is 0.649. The summed E-state index contributed by atoms with van der Waals surface area (Å²) in [6.07, 6.45) is 0. The van der Waals surface area contributed by atoms with E-state index in [0.29, 0.717) is 11.3 Å². The molecule has 1 heterocycles. The Labute approximate surface area is 178 Å². The summed E-state index contributed by atoms with van der Waals surface area (Å²) in [5.41, 5.74) is 1.05. The zero-order valence-electron chi connectivity index (χ0n) is 16.1. The lowest BCUT2D eigenvalue weighted by Crippen LogP contribution is -2.35. The van der Waals surface area contributed by atoms with Crippen molar-refractivity contribution in [2.45, 2.75) is 11.8 Å². The number of likely N-dealkylation sites (N-methyl/N-ethyl adjacent to an activating group) is 1. The molecule has 3 rings (SSSR count). The highest BCUT2D eigenvalue weighted by molar-refractivity contribution is 7.89. The lowest BCUT2D eigenvalue weighted by Gasteiger charge is -2.22. The van der Waals surface area contributed by atoms with E-state index in [0.717, 1.165) is 4.31 Å². The number of carbonyl (C=O) groups excluding carboxylic acids is 3. The summed E-state index contributed by atoms with van der Waals surface area (Å²) in [4.78, 5) is 34.9. The second-order valence-corrected chi connectivity index (χ2v) is 8.98. The van der Waals surface area contributed by atoms with Gasteiger partial charge >= 0.3 is 0 Å². The third-order valence-electron chi connectivity index (χ3n) is 4.27. The van der Waals surface area contributed by atoms with E-state index in [1.807, 2.05) is 0 Å². The maximum atomic E-state index is 12.9. The van der Waals surface area contributed by atoms with Crippen molar-refractivity contribution in [3.8, 4) is 5.75 Å². The van der Waals surface area contributed by atoms with Gasteiger partial charge in [-0.3, -0.25) is 14.4 Å². The minimum atomic E-state index is -4.13. The monoisotopic (exact) mass is 451 g/mol. The molecule has 0 bridgehead atoms. The Kier molecular flexibility index (Phi) is 6.11. The number of ketones is 1. The smallest absolute Gasteiger partial charge is 0.262 e. The number of Topliss-reactive ketones (excluding diaryl/α,β-unsaturated/α-hetero) is 1. The van der Waals surface area contributed by atoms with Crippen LogP contribution in [0.5, 0.6) is 5.75 Å². The highest BCUT2D eigenvalue weighted by atomic mass is 35.5. The topological polar surface area (TPSA) is 122 Å². The van der Waals surface area contributed by atoms with Crippen LogP contribution < -0.4 is 15.4 Å². The van der Waals surface area contributed by atoms with Crippen molar-refractivity contribution in [3.05, 3.63) is 47.0 Å². The van der Waals surface area contributed by atoms with Crippen LogP contribution in [0.1, 0.15) is 17.3 Å². The second kappa shape index (κ2) is 8.42. The van der Waals surface area contributed by atoms with Gasteiger partial charge in [0.2, 0.25) is 15.9 Å². The summed E-state index contributed by atoms with van der Waals surface area (Å²) >= 11 is 6.11. The number of sulfonamides is 1. The molecule has 158 valence electrons. The van der Waals surface area contributed by atoms with Gasteiger partial charge in [0.25, 0.3) is 5.91 Å². The predicted octanol–water partition coefficient (Wildman–Crippen LogP) is 2.13. The summed E-state index contributed by atoms with van der Waals surface area (Å²) in [6.45, 7) is 0.669. The molecule has 0 aromatic heterocycles. The van der Waals surface area contributed by atoms with Gasteiger partial charge in [-0.25, -0.2) is 8.42 Å². The van der Waals surface area contributed by atoms with E-state index in [1.165, 1.54) is 32.2 Å². The summed E-state index contributed by atoms with van der Waals surface area (Å²) in [5, 5.41) is 4.97. The van der Waals surface area contributed by atoms with Gasteiger partial charge in [0.1, 0.15) is 10.6 Å². The molecule has 2 aromatic rings. The fourth-order valence-corrected chi connectivity index (χ4v) is 4.39. The highest BCUT2D eigenvalue weighted by Crippen LogP contribution is 2.36. The van der Waals surface area contributed by atoms with Crippen LogP contribution in [0, 0.1) is 0 Å². The highest BCUT2D eigenvalue weighted by Gasteiger charge is 2.28. The first-order valence-corrected chi connectivity index (χ1v) is 10.5. The number of amides is 2. The van der Waals surface area contributed by atoms with E-state index in [-0.39, 0.29) is 39.7 Å². The number of ether oxygens (including phenoxy) is 1. The number of nitrogens with one attached hydrogen (secondary N) is 2. The Hall–Kier alpha value is -2.95. The van der Waals surface area contributed by atoms with Crippen molar-refractivity contribution in [1.82, 2.24) is 4.31 Å². The van der Waals surface area contributed by atoms with E-state index in [9.17, 15) is 22.8 Å². The minimum absolute atomic E-state index is 0.124. The molecule has 0 spiro atoms. The van der Waals surface area contributed by atoms with Crippen LogP contribution in [0.4, 0.5) is 11.4 Å². The molecule has 0 aliphatic carbocycles. The Balaban J connectivity index is 1.77. The molecular formula is C19H18ClN3O6S. The second-order valence-electron chi connectivity index (χ2n) is 6.56. The number of rotatable bonds is 6. The van der Waals surface area contributed by atoms with Crippen molar-refractivity contribution in [3.63, 3.8) is 0 Å². The van der Waals surface area contributed by atoms with Crippen molar-refractivity contribution < 1.29 is 27.5 Å². The van der Waals surface area contributed by atoms with Crippen LogP contribution in [-0.4, -0.2) is 50.5 Å². The van der Waals surface area contributed by atoms with Gasteiger partial charge in [-0.05, 0) is 25.1 Å². The molecule has 0 fully saturated rings. The maximum Gasteiger partial charge on any atom is 0.262 e. The van der Waals surface area contributed by atoms with Gasteiger partial charge in [-0.15, -0.1) is 0 Å². The van der Waals surface area contributed by atoms with Crippen LogP contribution in [0.3, 0.4) is 0 Å². The summed E-state index contributed by atoms with van der Waals surface area (Å²) in [7, 11) is -2.90. The van der Waals surface area contributed by atoms with E-state index in [1.54, 1.807) is 18.2 Å². The average molecular weight is 452 g/mol. The number of hydrogen-bond donors (Lipinski definition) is 2. The number of halogens is 1. The fraction of sp³-hybridized carbons (Fsp3) is 0.211. The molecule has 11 heteroatoms. The van der Waals surface area contributed by atoms with Crippen LogP contribution in [0.2, 0.25) is 5.02 Å². The van der Waals surface area contributed by atoms with Crippen LogP contribution in [0.15, 0.2) is 41.3 Å². The van der Waals surface area contributed by atoms with E-state index in [4.69, 9.17) is 16.3 Å². The third-order valence-corrected chi connectivity index (χ3v) is 6.54. The van der Waals surface area contributed by atoms with Crippen molar-refractivity contribution in [1.29, 1.82) is 0 Å². The minimum Gasteiger partial charge on any atom is -0.482 e. The van der Waals surface area contributed by atoms with Gasteiger partial charge in [-0.1, -0.05) is 23.7 Å². The molecule has 0 atom stereocenters. The third kappa shape index (κ3) is 4.61. The first-order chi connectivity index (χ1) is 14.1. The van der Waals surface area contributed by atoms with Crippen LogP contribution in [-0.2, 0) is 19.6 Å². The molecular weight excluding hydrogens is 434 g/mol. The first-order valence-electron chi connectivity index (χ1n) is 8.71. The zero-order chi connectivity index (χ0) is 22.1. The molecule has 0 saturated heterocycles. The number of carbonyl (C=O) groups is 3. The van der Waals surface area contributed by atoms with Crippen LogP contribution >= 0.6 is 11.6 Å². The standard InChI is InChI=1S/C19H18ClN3O6S/c1-11(24)12-4-3-5-13(6-12)21-18(25)9-23(2)30(27,28)17-8-16-15(7-14(17)20)22-19(26)10-29-16/h3-8H,9-10H2,1-2H3,(H,21,25)(H,22,26). The lowest BCUT2D eigenvalue weighted by molar-refractivity contribution is -0.118. The van der Waals surface area contributed by atoms with Crippen molar-refractivity contribution in [2.75, 3.05) is 30.8 Å². The maximum absolute atomic E-state index is 12.9. The molecule has 0 unspecified atom stereocenters. The van der Waals surface area contributed by atoms with E-state index >= 15 is 0 Å². The molecule has 0 radical (unpaired) electrons. The Morgan fingerprint density at radius 1 is 1.27 bits per heavy atom. The molecule has 9 nitrogen and oxygen atoms in total. The summed E-state index contributed by atoms with van der Waals surface area (Å²) in [6, 6.07) is 8.79.